The number of benzene rings is 1. The molecule has 1 aliphatic rings. The smallest absolute Gasteiger partial charge is 0.240 e. The maximum absolute atomic E-state index is 12.1. The summed E-state index contributed by atoms with van der Waals surface area (Å²) in [4.78, 5) is 4.60. The highest BCUT2D eigenvalue weighted by Gasteiger charge is 2.13. The molecule has 1 saturated carbocycles. The van der Waals surface area contributed by atoms with Crippen LogP contribution in [0.1, 0.15) is 44.1 Å². The first kappa shape index (κ1) is 20.7. The van der Waals surface area contributed by atoms with Gasteiger partial charge in [0.25, 0.3) is 0 Å². The first-order chi connectivity index (χ1) is 12.5. The Morgan fingerprint density at radius 1 is 1.19 bits per heavy atom. The van der Waals surface area contributed by atoms with Crippen LogP contribution in [0.3, 0.4) is 0 Å². The molecule has 0 aromatic heterocycles. The zero-order valence-corrected chi connectivity index (χ0v) is 16.2. The molecule has 8 heteroatoms. The SMILES string of the molecule is COCCNS(=O)(=O)c1ccc(CN=C(N)NC2CCCCCC2)cc1. The molecule has 0 amide bonds. The molecule has 1 aromatic rings. The van der Waals surface area contributed by atoms with Gasteiger partial charge in [0, 0.05) is 19.7 Å². The highest BCUT2D eigenvalue weighted by molar-refractivity contribution is 7.89. The first-order valence-corrected chi connectivity index (χ1v) is 10.6. The second kappa shape index (κ2) is 10.5. The Morgan fingerprint density at radius 2 is 1.85 bits per heavy atom. The maximum atomic E-state index is 12.1. The minimum atomic E-state index is -3.51. The van der Waals surface area contributed by atoms with Gasteiger partial charge in [-0.25, -0.2) is 18.1 Å². The van der Waals surface area contributed by atoms with Crippen molar-refractivity contribution in [2.24, 2.45) is 10.7 Å². The molecule has 0 spiro atoms. The average molecular weight is 383 g/mol. The van der Waals surface area contributed by atoms with Gasteiger partial charge in [-0.15, -0.1) is 0 Å². The summed E-state index contributed by atoms with van der Waals surface area (Å²) in [5.74, 6) is 0.454. The third-order valence-corrected chi connectivity index (χ3v) is 5.95. The number of sulfonamides is 1. The van der Waals surface area contributed by atoms with Gasteiger partial charge in [-0.2, -0.15) is 0 Å². The fraction of sp³-hybridized carbons (Fsp3) is 0.611. The van der Waals surface area contributed by atoms with Crippen LogP contribution in [-0.4, -0.2) is 40.7 Å². The maximum Gasteiger partial charge on any atom is 0.240 e. The average Bonchev–Trinajstić information content (AvgIpc) is 2.89. The number of nitrogens with two attached hydrogens (primary N) is 1. The summed E-state index contributed by atoms with van der Waals surface area (Å²) in [7, 11) is -1.98. The molecular weight excluding hydrogens is 352 g/mol. The van der Waals surface area contributed by atoms with Crippen molar-refractivity contribution in [2.45, 2.75) is 56.0 Å². The monoisotopic (exact) mass is 382 g/mol. The van der Waals surface area contributed by atoms with Crippen LogP contribution in [0.2, 0.25) is 0 Å². The van der Waals surface area contributed by atoms with Crippen LogP contribution >= 0.6 is 0 Å². The zero-order chi connectivity index (χ0) is 18.8. The van der Waals surface area contributed by atoms with E-state index in [9.17, 15) is 8.42 Å². The van der Waals surface area contributed by atoms with E-state index in [1.807, 2.05) is 0 Å². The lowest BCUT2D eigenvalue weighted by molar-refractivity contribution is 0.204. The van der Waals surface area contributed by atoms with Gasteiger partial charge >= 0.3 is 0 Å². The number of nitrogens with one attached hydrogen (secondary N) is 2. The van der Waals surface area contributed by atoms with Crippen molar-refractivity contribution >= 4 is 16.0 Å². The molecule has 146 valence electrons. The molecule has 2 rings (SSSR count). The van der Waals surface area contributed by atoms with E-state index in [2.05, 4.69) is 15.0 Å². The number of ether oxygens (including phenoxy) is 1. The molecular formula is C18H30N4O3S. The zero-order valence-electron chi connectivity index (χ0n) is 15.4. The van der Waals surface area contributed by atoms with Gasteiger partial charge in [-0.1, -0.05) is 37.8 Å². The molecule has 0 unspecified atom stereocenters. The molecule has 0 saturated heterocycles. The van der Waals surface area contributed by atoms with Gasteiger partial charge < -0.3 is 15.8 Å². The normalized spacial score (nSPS) is 17.0. The largest absolute Gasteiger partial charge is 0.383 e. The van der Waals surface area contributed by atoms with Crippen molar-refractivity contribution < 1.29 is 13.2 Å². The van der Waals surface area contributed by atoms with Crippen molar-refractivity contribution in [3.05, 3.63) is 29.8 Å². The predicted molar refractivity (Wildman–Crippen MR) is 103 cm³/mol. The summed E-state index contributed by atoms with van der Waals surface area (Å²) in [6.45, 7) is 0.997. The highest BCUT2D eigenvalue weighted by atomic mass is 32.2. The number of hydrogen-bond donors (Lipinski definition) is 3. The number of hydrogen-bond acceptors (Lipinski definition) is 4. The van der Waals surface area contributed by atoms with E-state index < -0.39 is 10.0 Å². The Balaban J connectivity index is 1.87. The van der Waals surface area contributed by atoms with E-state index in [1.54, 1.807) is 24.3 Å². The topological polar surface area (TPSA) is 106 Å². The van der Waals surface area contributed by atoms with Crippen LogP contribution in [-0.2, 0) is 21.3 Å². The lowest BCUT2D eigenvalue weighted by atomic mass is 10.1. The van der Waals surface area contributed by atoms with Crippen LogP contribution in [0.25, 0.3) is 0 Å². The lowest BCUT2D eigenvalue weighted by Gasteiger charge is -2.16. The van der Waals surface area contributed by atoms with E-state index in [4.69, 9.17) is 10.5 Å². The molecule has 0 radical (unpaired) electrons. The summed E-state index contributed by atoms with van der Waals surface area (Å²) in [5.41, 5.74) is 6.90. The summed E-state index contributed by atoms with van der Waals surface area (Å²) >= 11 is 0. The Kier molecular flexibility index (Phi) is 8.34. The molecule has 1 aromatic carbocycles. The number of nitrogens with zero attached hydrogens (tertiary/aromatic N) is 1. The summed E-state index contributed by atoms with van der Waals surface area (Å²) in [5, 5.41) is 3.30. The van der Waals surface area contributed by atoms with E-state index in [1.165, 1.54) is 32.8 Å². The summed E-state index contributed by atoms with van der Waals surface area (Å²) < 4.78 is 31.6. The van der Waals surface area contributed by atoms with Crippen molar-refractivity contribution in [3.8, 4) is 0 Å². The van der Waals surface area contributed by atoms with Gasteiger partial charge in [0.15, 0.2) is 5.96 Å². The fourth-order valence-electron chi connectivity index (χ4n) is 2.99. The van der Waals surface area contributed by atoms with Crippen LogP contribution in [0.5, 0.6) is 0 Å². The van der Waals surface area contributed by atoms with E-state index in [0.717, 1.165) is 18.4 Å². The van der Waals surface area contributed by atoms with Gasteiger partial charge in [0.2, 0.25) is 10.0 Å². The Labute approximate surface area is 156 Å². The van der Waals surface area contributed by atoms with Crippen LogP contribution in [0.15, 0.2) is 34.2 Å². The van der Waals surface area contributed by atoms with Crippen molar-refractivity contribution in [3.63, 3.8) is 0 Å². The molecule has 4 N–H and O–H groups in total. The summed E-state index contributed by atoms with van der Waals surface area (Å²) in [6.07, 6.45) is 7.34. The first-order valence-electron chi connectivity index (χ1n) is 9.15. The Morgan fingerprint density at radius 3 is 2.46 bits per heavy atom. The quantitative estimate of drug-likeness (QED) is 0.275. The van der Waals surface area contributed by atoms with E-state index in [-0.39, 0.29) is 11.4 Å². The van der Waals surface area contributed by atoms with Gasteiger partial charge in [0.05, 0.1) is 18.0 Å². The number of guanidine groups is 1. The molecule has 0 bridgehead atoms. The molecule has 7 nitrogen and oxygen atoms in total. The second-order valence-corrected chi connectivity index (χ2v) is 8.34. The highest BCUT2D eigenvalue weighted by Crippen LogP contribution is 2.17. The molecule has 0 heterocycles. The molecule has 26 heavy (non-hydrogen) atoms. The third-order valence-electron chi connectivity index (χ3n) is 4.47. The minimum absolute atomic E-state index is 0.228. The predicted octanol–water partition coefficient (Wildman–Crippen LogP) is 1.74. The van der Waals surface area contributed by atoms with Crippen molar-refractivity contribution in [1.82, 2.24) is 10.0 Å². The van der Waals surface area contributed by atoms with Gasteiger partial charge in [-0.05, 0) is 30.5 Å². The van der Waals surface area contributed by atoms with Crippen LogP contribution in [0.4, 0.5) is 0 Å². The molecule has 1 fully saturated rings. The second-order valence-electron chi connectivity index (χ2n) is 6.57. The van der Waals surface area contributed by atoms with Crippen molar-refractivity contribution in [2.75, 3.05) is 20.3 Å². The molecule has 0 atom stereocenters. The van der Waals surface area contributed by atoms with E-state index >= 15 is 0 Å². The van der Waals surface area contributed by atoms with Gasteiger partial charge in [-0.3, -0.25) is 0 Å². The standard InChI is InChI=1S/C18H30N4O3S/c1-25-13-12-21-26(23,24)17-10-8-15(9-11-17)14-20-18(19)22-16-6-4-2-3-5-7-16/h8-11,16,21H,2-7,12-14H2,1H3,(H3,19,20,22). The van der Waals surface area contributed by atoms with Gasteiger partial charge in [0.1, 0.15) is 0 Å². The fourth-order valence-corrected chi connectivity index (χ4v) is 4.00. The number of methoxy groups -OCH3 is 1. The number of rotatable bonds is 8. The van der Waals surface area contributed by atoms with Crippen LogP contribution in [0, 0.1) is 0 Å². The molecule has 0 aliphatic heterocycles. The lowest BCUT2D eigenvalue weighted by Crippen LogP contribution is -2.39. The molecule has 1 aliphatic carbocycles. The summed E-state index contributed by atoms with van der Waals surface area (Å²) in [6, 6.07) is 7.08. The number of aliphatic imine (C=N–C) groups is 1. The Hall–Kier alpha value is -1.64. The third kappa shape index (κ3) is 6.93. The Bertz CT molecular complexity index is 666. The minimum Gasteiger partial charge on any atom is -0.383 e. The van der Waals surface area contributed by atoms with Crippen molar-refractivity contribution in [1.29, 1.82) is 0 Å². The van der Waals surface area contributed by atoms with E-state index in [0.29, 0.717) is 25.2 Å². The van der Waals surface area contributed by atoms with Crippen LogP contribution < -0.4 is 15.8 Å².